The van der Waals surface area contributed by atoms with Crippen LogP contribution in [0.3, 0.4) is 0 Å². The van der Waals surface area contributed by atoms with Crippen molar-refractivity contribution in [2.75, 3.05) is 0 Å². The Morgan fingerprint density at radius 1 is 1.12 bits per heavy atom. The fraction of sp³-hybridized carbons (Fsp3) is 0.294. The molecule has 0 radical (unpaired) electrons. The van der Waals surface area contributed by atoms with E-state index >= 15 is 0 Å². The van der Waals surface area contributed by atoms with E-state index in [9.17, 15) is 0 Å². The summed E-state index contributed by atoms with van der Waals surface area (Å²) in [6.07, 6.45) is 9.78. The standard InChI is InChI=1S/C17H22/c1-4-5-10-15(2)11-9-12-16(3)17-13-7-6-8-14-17/h4,6-8,11-14H,1,5,9-10H2,2-3H3/b15-11+,16-12+. The van der Waals surface area contributed by atoms with Gasteiger partial charge in [0.1, 0.15) is 0 Å². The monoisotopic (exact) mass is 226 g/mol. The summed E-state index contributed by atoms with van der Waals surface area (Å²) in [4.78, 5) is 0. The summed E-state index contributed by atoms with van der Waals surface area (Å²) in [6, 6.07) is 10.5. The van der Waals surface area contributed by atoms with Crippen LogP contribution < -0.4 is 0 Å². The predicted molar refractivity (Wildman–Crippen MR) is 77.9 cm³/mol. The number of allylic oxidation sites excluding steroid dienone is 5. The van der Waals surface area contributed by atoms with Gasteiger partial charge >= 0.3 is 0 Å². The van der Waals surface area contributed by atoms with Crippen molar-refractivity contribution < 1.29 is 0 Å². The average molecular weight is 226 g/mol. The van der Waals surface area contributed by atoms with Crippen LogP contribution in [0.1, 0.15) is 38.7 Å². The molecule has 0 aliphatic rings. The van der Waals surface area contributed by atoms with Gasteiger partial charge in [-0.2, -0.15) is 0 Å². The van der Waals surface area contributed by atoms with Gasteiger partial charge in [-0.15, -0.1) is 6.58 Å². The van der Waals surface area contributed by atoms with Gasteiger partial charge in [-0.3, -0.25) is 0 Å². The normalized spacial score (nSPS) is 12.6. The van der Waals surface area contributed by atoms with Crippen LogP contribution in [0, 0.1) is 0 Å². The van der Waals surface area contributed by atoms with Crippen molar-refractivity contribution in [2.24, 2.45) is 0 Å². The maximum Gasteiger partial charge on any atom is -0.0161 e. The Morgan fingerprint density at radius 2 is 1.82 bits per heavy atom. The summed E-state index contributed by atoms with van der Waals surface area (Å²) in [7, 11) is 0. The molecule has 0 atom stereocenters. The molecule has 0 amide bonds. The molecule has 0 fully saturated rings. The second kappa shape index (κ2) is 7.67. The Bertz CT molecular complexity index is 393. The van der Waals surface area contributed by atoms with Gasteiger partial charge in [0, 0.05) is 0 Å². The molecule has 0 spiro atoms. The topological polar surface area (TPSA) is 0 Å². The molecule has 1 aromatic rings. The van der Waals surface area contributed by atoms with Gasteiger partial charge in [-0.1, -0.05) is 54.1 Å². The van der Waals surface area contributed by atoms with Crippen LogP contribution in [0.4, 0.5) is 0 Å². The molecule has 0 heteroatoms. The minimum absolute atomic E-state index is 1.02. The second-order valence-electron chi connectivity index (χ2n) is 4.37. The maximum absolute atomic E-state index is 3.74. The molecule has 0 saturated heterocycles. The van der Waals surface area contributed by atoms with Gasteiger partial charge in [0.05, 0.1) is 0 Å². The van der Waals surface area contributed by atoms with E-state index in [1.165, 1.54) is 16.7 Å². The zero-order valence-electron chi connectivity index (χ0n) is 10.9. The summed E-state index contributed by atoms with van der Waals surface area (Å²) >= 11 is 0. The van der Waals surface area contributed by atoms with E-state index in [1.807, 2.05) is 6.08 Å². The molecule has 0 unspecified atom stereocenters. The lowest BCUT2D eigenvalue weighted by atomic mass is 10.1. The molecule has 1 aromatic carbocycles. The maximum atomic E-state index is 3.74. The largest absolute Gasteiger partial charge is 0.103 e. The minimum atomic E-state index is 1.02. The first-order valence-corrected chi connectivity index (χ1v) is 6.22. The Labute approximate surface area is 105 Å². The second-order valence-corrected chi connectivity index (χ2v) is 4.37. The average Bonchev–Trinajstić information content (AvgIpc) is 2.37. The van der Waals surface area contributed by atoms with Crippen LogP contribution in [0.2, 0.25) is 0 Å². The molecule has 17 heavy (non-hydrogen) atoms. The molecule has 0 saturated carbocycles. The SMILES string of the molecule is C=CCC/C(C)=C/C/C=C(\C)c1ccccc1. The molecule has 1 rings (SSSR count). The molecule has 0 aliphatic carbocycles. The zero-order valence-corrected chi connectivity index (χ0v) is 10.9. The highest BCUT2D eigenvalue weighted by atomic mass is 14.0. The Balaban J connectivity index is 2.51. The lowest BCUT2D eigenvalue weighted by Gasteiger charge is -2.00. The third kappa shape index (κ3) is 5.35. The van der Waals surface area contributed by atoms with E-state index in [1.54, 1.807) is 0 Å². The van der Waals surface area contributed by atoms with Crippen LogP contribution in [0.25, 0.3) is 5.57 Å². The van der Waals surface area contributed by atoms with Crippen LogP contribution >= 0.6 is 0 Å². The van der Waals surface area contributed by atoms with Gasteiger partial charge in [0.25, 0.3) is 0 Å². The summed E-state index contributed by atoms with van der Waals surface area (Å²) in [5.41, 5.74) is 4.10. The van der Waals surface area contributed by atoms with Crippen molar-refractivity contribution in [3.8, 4) is 0 Å². The number of hydrogen-bond acceptors (Lipinski definition) is 0. The van der Waals surface area contributed by atoms with Gasteiger partial charge in [0.15, 0.2) is 0 Å². The van der Waals surface area contributed by atoms with E-state index in [2.05, 4.69) is 62.9 Å². The molecule has 0 bridgehead atoms. The van der Waals surface area contributed by atoms with Crippen molar-refractivity contribution in [1.82, 2.24) is 0 Å². The van der Waals surface area contributed by atoms with E-state index in [0.717, 1.165) is 19.3 Å². The lowest BCUT2D eigenvalue weighted by Crippen LogP contribution is -1.79. The van der Waals surface area contributed by atoms with Crippen LogP contribution in [0.15, 0.2) is 60.7 Å². The van der Waals surface area contributed by atoms with Gasteiger partial charge in [-0.25, -0.2) is 0 Å². The van der Waals surface area contributed by atoms with Gasteiger partial charge in [-0.05, 0) is 44.2 Å². The molecular formula is C17H22. The van der Waals surface area contributed by atoms with Crippen LogP contribution in [-0.4, -0.2) is 0 Å². The summed E-state index contributed by atoms with van der Waals surface area (Å²) in [6.45, 7) is 8.10. The highest BCUT2D eigenvalue weighted by Crippen LogP contribution is 2.14. The van der Waals surface area contributed by atoms with Gasteiger partial charge in [0.2, 0.25) is 0 Å². The minimum Gasteiger partial charge on any atom is -0.103 e. The fourth-order valence-electron chi connectivity index (χ4n) is 1.69. The summed E-state index contributed by atoms with van der Waals surface area (Å²) in [5, 5.41) is 0. The van der Waals surface area contributed by atoms with E-state index < -0.39 is 0 Å². The van der Waals surface area contributed by atoms with Crippen molar-refractivity contribution >= 4 is 5.57 Å². The highest BCUT2D eigenvalue weighted by molar-refractivity contribution is 5.63. The smallest absolute Gasteiger partial charge is 0.0161 e. The molecule has 0 nitrogen and oxygen atoms in total. The van der Waals surface area contributed by atoms with E-state index in [0.29, 0.717) is 0 Å². The third-order valence-electron chi connectivity index (χ3n) is 2.86. The fourth-order valence-corrected chi connectivity index (χ4v) is 1.69. The van der Waals surface area contributed by atoms with Crippen molar-refractivity contribution in [3.05, 3.63) is 66.3 Å². The Hall–Kier alpha value is -1.56. The molecule has 0 N–H and O–H groups in total. The lowest BCUT2D eigenvalue weighted by molar-refractivity contribution is 0.970. The third-order valence-corrected chi connectivity index (χ3v) is 2.86. The van der Waals surface area contributed by atoms with Crippen LogP contribution in [-0.2, 0) is 0 Å². The number of rotatable bonds is 6. The van der Waals surface area contributed by atoms with E-state index in [4.69, 9.17) is 0 Å². The molecule has 0 aliphatic heterocycles. The first kappa shape index (κ1) is 13.5. The first-order chi connectivity index (χ1) is 8.24. The zero-order chi connectivity index (χ0) is 12.5. The first-order valence-electron chi connectivity index (χ1n) is 6.22. The summed E-state index contributed by atoms with van der Waals surface area (Å²) in [5.74, 6) is 0. The van der Waals surface area contributed by atoms with Crippen molar-refractivity contribution in [1.29, 1.82) is 0 Å². The van der Waals surface area contributed by atoms with E-state index in [-0.39, 0.29) is 0 Å². The Kier molecular flexibility index (Phi) is 6.09. The number of benzene rings is 1. The molecule has 0 aromatic heterocycles. The van der Waals surface area contributed by atoms with Crippen molar-refractivity contribution in [3.63, 3.8) is 0 Å². The highest BCUT2D eigenvalue weighted by Gasteiger charge is 1.92. The molecule has 0 heterocycles. The molecular weight excluding hydrogens is 204 g/mol. The quantitative estimate of drug-likeness (QED) is 0.570. The summed E-state index contributed by atoms with van der Waals surface area (Å²) < 4.78 is 0. The van der Waals surface area contributed by atoms with Gasteiger partial charge < -0.3 is 0 Å². The Morgan fingerprint density at radius 3 is 2.47 bits per heavy atom. The van der Waals surface area contributed by atoms with Crippen LogP contribution in [0.5, 0.6) is 0 Å². The predicted octanol–water partition coefficient (Wildman–Crippen LogP) is 5.39. The van der Waals surface area contributed by atoms with Crippen molar-refractivity contribution in [2.45, 2.75) is 33.1 Å². The number of hydrogen-bond donors (Lipinski definition) is 0. The molecule has 90 valence electrons.